The maximum atomic E-state index is 6.19. The van der Waals surface area contributed by atoms with Gasteiger partial charge >= 0.3 is 0 Å². The standard InChI is InChI=1S/C19H22ClN3S/c1-11-4-3-5-14(8-11)22-19-23-17(10-24-19)18-12(2)21-16-7-6-13(20)9-15(16)18/h6-7,9-11,14,21H,3-5,8H2,1-2H3,(H,22,23)/t11-,14-/m1/s1. The molecular formula is C19H22ClN3S. The van der Waals surface area contributed by atoms with Crippen LogP contribution in [0, 0.1) is 12.8 Å². The maximum Gasteiger partial charge on any atom is 0.183 e. The lowest BCUT2D eigenvalue weighted by atomic mass is 9.87. The number of aromatic amines is 1. The number of anilines is 1. The molecule has 0 amide bonds. The summed E-state index contributed by atoms with van der Waals surface area (Å²) in [5.74, 6) is 0.814. The van der Waals surface area contributed by atoms with Gasteiger partial charge in [0, 0.05) is 38.6 Å². The molecule has 0 bridgehead atoms. The molecule has 0 spiro atoms. The molecule has 0 saturated heterocycles. The van der Waals surface area contributed by atoms with E-state index in [0.29, 0.717) is 6.04 Å². The highest BCUT2D eigenvalue weighted by molar-refractivity contribution is 7.14. The molecule has 1 aromatic carbocycles. The first-order chi connectivity index (χ1) is 11.6. The van der Waals surface area contributed by atoms with Crippen molar-refractivity contribution in [3.05, 3.63) is 34.3 Å². The molecule has 24 heavy (non-hydrogen) atoms. The summed E-state index contributed by atoms with van der Waals surface area (Å²) in [6.45, 7) is 4.44. The predicted octanol–water partition coefficient (Wildman–Crippen LogP) is 6.24. The number of hydrogen-bond donors (Lipinski definition) is 2. The number of fused-ring (bicyclic) bond motifs is 1. The molecule has 2 aromatic heterocycles. The Morgan fingerprint density at radius 3 is 3.04 bits per heavy atom. The van der Waals surface area contributed by atoms with E-state index in [9.17, 15) is 0 Å². The Bertz CT molecular complexity index is 867. The van der Waals surface area contributed by atoms with Gasteiger partial charge in [-0.2, -0.15) is 0 Å². The van der Waals surface area contributed by atoms with Gasteiger partial charge in [0.25, 0.3) is 0 Å². The van der Waals surface area contributed by atoms with Crippen LogP contribution in [0.3, 0.4) is 0 Å². The zero-order chi connectivity index (χ0) is 16.7. The summed E-state index contributed by atoms with van der Waals surface area (Å²) in [5, 5.41) is 8.71. The van der Waals surface area contributed by atoms with E-state index >= 15 is 0 Å². The van der Waals surface area contributed by atoms with Crippen molar-refractivity contribution >= 4 is 39.0 Å². The van der Waals surface area contributed by atoms with Crippen LogP contribution < -0.4 is 5.32 Å². The van der Waals surface area contributed by atoms with Gasteiger partial charge in [-0.1, -0.05) is 31.4 Å². The lowest BCUT2D eigenvalue weighted by molar-refractivity contribution is 0.358. The van der Waals surface area contributed by atoms with Gasteiger partial charge in [-0.3, -0.25) is 0 Å². The molecule has 1 saturated carbocycles. The van der Waals surface area contributed by atoms with Crippen molar-refractivity contribution in [1.29, 1.82) is 0 Å². The molecule has 0 unspecified atom stereocenters. The molecule has 4 rings (SSSR count). The van der Waals surface area contributed by atoms with Crippen molar-refractivity contribution in [2.75, 3.05) is 5.32 Å². The van der Waals surface area contributed by atoms with Crippen LogP contribution >= 0.6 is 22.9 Å². The molecule has 2 N–H and O–H groups in total. The SMILES string of the molecule is Cc1[nH]c2ccc(Cl)cc2c1-c1csc(N[C@@H]2CCC[C@@H](C)C2)n1. The number of nitrogens with zero attached hydrogens (tertiary/aromatic N) is 1. The van der Waals surface area contributed by atoms with Crippen LogP contribution in [-0.2, 0) is 0 Å². The summed E-state index contributed by atoms with van der Waals surface area (Å²) in [6.07, 6.45) is 5.17. The van der Waals surface area contributed by atoms with E-state index in [1.54, 1.807) is 11.3 Å². The van der Waals surface area contributed by atoms with E-state index in [0.717, 1.165) is 43.9 Å². The van der Waals surface area contributed by atoms with E-state index in [1.165, 1.54) is 25.7 Å². The number of aromatic nitrogens is 2. The molecule has 3 nitrogen and oxygen atoms in total. The Hall–Kier alpha value is -1.52. The van der Waals surface area contributed by atoms with Crippen LogP contribution in [0.25, 0.3) is 22.2 Å². The number of nitrogens with one attached hydrogen (secondary N) is 2. The lowest BCUT2D eigenvalue weighted by Gasteiger charge is -2.27. The number of hydrogen-bond acceptors (Lipinski definition) is 3. The number of aryl methyl sites for hydroxylation is 1. The number of thiazole rings is 1. The summed E-state index contributed by atoms with van der Waals surface area (Å²) in [5.41, 5.74) is 4.43. The van der Waals surface area contributed by atoms with Crippen LogP contribution in [0.1, 0.15) is 38.3 Å². The Balaban J connectivity index is 1.63. The highest BCUT2D eigenvalue weighted by Gasteiger charge is 2.20. The second kappa shape index (κ2) is 6.41. The minimum Gasteiger partial charge on any atom is -0.359 e. The van der Waals surface area contributed by atoms with Gasteiger partial charge in [0.05, 0.1) is 5.69 Å². The average Bonchev–Trinajstić information content (AvgIpc) is 3.10. The first-order valence-electron chi connectivity index (χ1n) is 8.60. The predicted molar refractivity (Wildman–Crippen MR) is 104 cm³/mol. The molecule has 1 fully saturated rings. The van der Waals surface area contributed by atoms with Gasteiger partial charge in [0.2, 0.25) is 0 Å². The van der Waals surface area contributed by atoms with Gasteiger partial charge in [0.15, 0.2) is 5.13 Å². The minimum absolute atomic E-state index is 0.561. The van der Waals surface area contributed by atoms with Gasteiger partial charge in [-0.15, -0.1) is 11.3 Å². The number of halogens is 1. The maximum absolute atomic E-state index is 6.19. The molecule has 3 aromatic rings. The third-order valence-electron chi connectivity index (χ3n) is 4.97. The topological polar surface area (TPSA) is 40.7 Å². The van der Waals surface area contributed by atoms with Crippen molar-refractivity contribution in [3.8, 4) is 11.3 Å². The normalized spacial score (nSPS) is 21.3. The van der Waals surface area contributed by atoms with E-state index in [-0.39, 0.29) is 0 Å². The molecule has 0 aliphatic heterocycles. The minimum atomic E-state index is 0.561. The van der Waals surface area contributed by atoms with Gasteiger partial charge in [-0.05, 0) is 43.9 Å². The smallest absolute Gasteiger partial charge is 0.183 e. The largest absolute Gasteiger partial charge is 0.359 e. The van der Waals surface area contributed by atoms with E-state index in [4.69, 9.17) is 16.6 Å². The van der Waals surface area contributed by atoms with Crippen molar-refractivity contribution in [2.24, 2.45) is 5.92 Å². The summed E-state index contributed by atoms with van der Waals surface area (Å²) in [4.78, 5) is 8.29. The van der Waals surface area contributed by atoms with Gasteiger partial charge in [-0.25, -0.2) is 4.98 Å². The zero-order valence-corrected chi connectivity index (χ0v) is 15.6. The monoisotopic (exact) mass is 359 g/mol. The molecular weight excluding hydrogens is 338 g/mol. The summed E-state index contributed by atoms with van der Waals surface area (Å²) in [6, 6.07) is 6.53. The summed E-state index contributed by atoms with van der Waals surface area (Å²) in [7, 11) is 0. The van der Waals surface area contributed by atoms with Gasteiger partial charge in [0.1, 0.15) is 0 Å². The summed E-state index contributed by atoms with van der Waals surface area (Å²) >= 11 is 7.89. The summed E-state index contributed by atoms with van der Waals surface area (Å²) < 4.78 is 0. The lowest BCUT2D eigenvalue weighted by Crippen LogP contribution is -2.26. The Kier molecular flexibility index (Phi) is 4.27. The van der Waals surface area contributed by atoms with Crippen LogP contribution in [0.15, 0.2) is 23.6 Å². The Morgan fingerprint density at radius 2 is 2.21 bits per heavy atom. The Labute approximate surface area is 151 Å². The van der Waals surface area contributed by atoms with Crippen molar-refractivity contribution in [2.45, 2.75) is 45.6 Å². The van der Waals surface area contributed by atoms with Crippen molar-refractivity contribution in [1.82, 2.24) is 9.97 Å². The van der Waals surface area contributed by atoms with Crippen LogP contribution in [0.2, 0.25) is 5.02 Å². The molecule has 1 aliphatic carbocycles. The van der Waals surface area contributed by atoms with E-state index < -0.39 is 0 Å². The number of benzene rings is 1. The molecule has 5 heteroatoms. The van der Waals surface area contributed by atoms with Crippen LogP contribution in [-0.4, -0.2) is 16.0 Å². The fourth-order valence-corrected chi connectivity index (χ4v) is 4.78. The quantitative estimate of drug-likeness (QED) is 0.580. The third kappa shape index (κ3) is 3.05. The second-order valence-electron chi connectivity index (χ2n) is 6.97. The first kappa shape index (κ1) is 16.0. The molecule has 2 heterocycles. The second-order valence-corrected chi connectivity index (χ2v) is 8.26. The number of H-pyrrole nitrogens is 1. The molecule has 1 aliphatic rings. The van der Waals surface area contributed by atoms with Crippen molar-refractivity contribution in [3.63, 3.8) is 0 Å². The zero-order valence-electron chi connectivity index (χ0n) is 14.0. The average molecular weight is 360 g/mol. The number of rotatable bonds is 3. The Morgan fingerprint density at radius 1 is 1.33 bits per heavy atom. The molecule has 0 radical (unpaired) electrons. The first-order valence-corrected chi connectivity index (χ1v) is 9.86. The van der Waals surface area contributed by atoms with Crippen LogP contribution in [0.5, 0.6) is 0 Å². The fourth-order valence-electron chi connectivity index (χ4n) is 3.82. The van der Waals surface area contributed by atoms with E-state index in [1.807, 2.05) is 18.2 Å². The van der Waals surface area contributed by atoms with Gasteiger partial charge < -0.3 is 10.3 Å². The highest BCUT2D eigenvalue weighted by Crippen LogP contribution is 2.36. The molecule has 2 atom stereocenters. The van der Waals surface area contributed by atoms with Crippen molar-refractivity contribution < 1.29 is 0 Å². The van der Waals surface area contributed by atoms with Crippen LogP contribution in [0.4, 0.5) is 5.13 Å². The fraction of sp³-hybridized carbons (Fsp3) is 0.421. The third-order valence-corrected chi connectivity index (χ3v) is 5.98. The molecule has 126 valence electrons. The van der Waals surface area contributed by atoms with E-state index in [2.05, 4.69) is 29.5 Å². The highest BCUT2D eigenvalue weighted by atomic mass is 35.5.